The molecule has 3 rings (SSSR count). The zero-order valence-corrected chi connectivity index (χ0v) is 14.5. The maximum atomic E-state index is 12.5. The summed E-state index contributed by atoms with van der Waals surface area (Å²) < 4.78 is 11.0. The first-order chi connectivity index (χ1) is 12.1. The van der Waals surface area contributed by atoms with Crippen molar-refractivity contribution in [1.29, 1.82) is 0 Å². The number of hydrogen-bond acceptors (Lipinski definition) is 4. The monoisotopic (exact) mass is 339 g/mol. The highest BCUT2D eigenvalue weighted by Crippen LogP contribution is 2.29. The molecule has 0 radical (unpaired) electrons. The smallest absolute Gasteiger partial charge is 0.264 e. The van der Waals surface area contributed by atoms with Gasteiger partial charge in [0.05, 0.1) is 6.61 Å². The van der Waals surface area contributed by atoms with Crippen LogP contribution < -0.4 is 14.4 Å². The van der Waals surface area contributed by atoms with E-state index in [2.05, 4.69) is 0 Å². The highest BCUT2D eigenvalue weighted by molar-refractivity contribution is 5.99. The van der Waals surface area contributed by atoms with Crippen LogP contribution in [0.25, 0.3) is 0 Å². The number of nitrogens with zero attached hydrogens (tertiary/aromatic N) is 1. The Kier molecular flexibility index (Phi) is 5.03. The van der Waals surface area contributed by atoms with Crippen LogP contribution in [0.15, 0.2) is 42.5 Å². The molecule has 0 atom stereocenters. The van der Waals surface area contributed by atoms with E-state index in [9.17, 15) is 9.59 Å². The lowest BCUT2D eigenvalue weighted by Gasteiger charge is -2.18. The molecule has 0 fully saturated rings. The molecule has 0 saturated heterocycles. The Morgan fingerprint density at radius 3 is 2.36 bits per heavy atom. The predicted molar refractivity (Wildman–Crippen MR) is 95.6 cm³/mol. The van der Waals surface area contributed by atoms with Gasteiger partial charge in [-0.15, -0.1) is 0 Å². The molecule has 0 N–H and O–H groups in total. The first-order valence-corrected chi connectivity index (χ1v) is 8.38. The van der Waals surface area contributed by atoms with E-state index in [1.165, 1.54) is 0 Å². The van der Waals surface area contributed by atoms with Crippen LogP contribution in [-0.2, 0) is 11.2 Å². The Morgan fingerprint density at radius 2 is 1.72 bits per heavy atom. The summed E-state index contributed by atoms with van der Waals surface area (Å²) in [5.74, 6) is 1.34. The van der Waals surface area contributed by atoms with Crippen molar-refractivity contribution in [3.8, 4) is 11.5 Å². The number of ketones is 1. The molecular formula is C20H21NO4. The van der Waals surface area contributed by atoms with Gasteiger partial charge < -0.3 is 14.4 Å². The number of ether oxygens (including phenoxy) is 2. The molecule has 0 bridgehead atoms. The van der Waals surface area contributed by atoms with Crippen molar-refractivity contribution in [1.82, 2.24) is 0 Å². The summed E-state index contributed by atoms with van der Waals surface area (Å²) in [4.78, 5) is 25.7. The van der Waals surface area contributed by atoms with Crippen LogP contribution in [0.2, 0.25) is 0 Å². The van der Waals surface area contributed by atoms with E-state index in [0.717, 1.165) is 23.4 Å². The number of Topliss-reactive ketones (excluding diaryl/α,β-unsaturated/α-hetero) is 1. The van der Waals surface area contributed by atoms with Gasteiger partial charge in [0.25, 0.3) is 5.91 Å². The van der Waals surface area contributed by atoms with Gasteiger partial charge in [0.2, 0.25) is 0 Å². The summed E-state index contributed by atoms with van der Waals surface area (Å²) in [5, 5.41) is 0. The van der Waals surface area contributed by atoms with Gasteiger partial charge in [-0.25, -0.2) is 0 Å². The molecule has 5 nitrogen and oxygen atoms in total. The Labute approximate surface area is 147 Å². The SMILES string of the molecule is CCOc1ccc(OCC(=O)N2CCc3cc(C(C)=O)ccc32)cc1. The van der Waals surface area contributed by atoms with Crippen molar-refractivity contribution in [2.24, 2.45) is 0 Å². The average molecular weight is 339 g/mol. The number of benzene rings is 2. The van der Waals surface area contributed by atoms with E-state index in [0.29, 0.717) is 24.5 Å². The standard InChI is InChI=1S/C20H21NO4/c1-3-24-17-5-7-18(8-6-17)25-13-20(23)21-11-10-16-12-15(14(2)22)4-9-19(16)21/h4-9,12H,3,10-11,13H2,1-2H3. The number of carbonyl (C=O) groups excluding carboxylic acids is 2. The average Bonchev–Trinajstić information content (AvgIpc) is 3.04. The molecule has 0 aromatic heterocycles. The molecule has 1 aliphatic heterocycles. The number of hydrogen-bond donors (Lipinski definition) is 0. The van der Waals surface area contributed by atoms with E-state index in [-0.39, 0.29) is 18.3 Å². The first-order valence-electron chi connectivity index (χ1n) is 8.38. The third-order valence-corrected chi connectivity index (χ3v) is 4.18. The highest BCUT2D eigenvalue weighted by atomic mass is 16.5. The van der Waals surface area contributed by atoms with Gasteiger partial charge in [-0.05, 0) is 68.3 Å². The second kappa shape index (κ2) is 7.38. The molecule has 0 aliphatic carbocycles. The quantitative estimate of drug-likeness (QED) is 0.758. The largest absolute Gasteiger partial charge is 0.494 e. The second-order valence-electron chi connectivity index (χ2n) is 5.89. The number of carbonyl (C=O) groups is 2. The lowest BCUT2D eigenvalue weighted by atomic mass is 10.1. The maximum absolute atomic E-state index is 12.5. The number of fused-ring (bicyclic) bond motifs is 1. The van der Waals surface area contributed by atoms with E-state index in [1.54, 1.807) is 30.0 Å². The highest BCUT2D eigenvalue weighted by Gasteiger charge is 2.25. The van der Waals surface area contributed by atoms with Crippen LogP contribution in [0.5, 0.6) is 11.5 Å². The van der Waals surface area contributed by atoms with Crippen LogP contribution in [0.3, 0.4) is 0 Å². The summed E-state index contributed by atoms with van der Waals surface area (Å²) in [6.07, 6.45) is 0.755. The molecule has 2 aromatic carbocycles. The Balaban J connectivity index is 1.62. The molecule has 0 spiro atoms. The van der Waals surface area contributed by atoms with Crippen molar-refractivity contribution in [2.45, 2.75) is 20.3 Å². The molecule has 0 saturated carbocycles. The number of amides is 1. The van der Waals surface area contributed by atoms with Gasteiger partial charge >= 0.3 is 0 Å². The zero-order chi connectivity index (χ0) is 17.8. The van der Waals surface area contributed by atoms with Crippen LogP contribution in [-0.4, -0.2) is 31.4 Å². The normalized spacial score (nSPS) is 12.6. The van der Waals surface area contributed by atoms with E-state index < -0.39 is 0 Å². The van der Waals surface area contributed by atoms with Gasteiger partial charge in [0.15, 0.2) is 12.4 Å². The number of anilines is 1. The summed E-state index contributed by atoms with van der Waals surface area (Å²) in [7, 11) is 0. The van der Waals surface area contributed by atoms with Gasteiger partial charge in [0.1, 0.15) is 11.5 Å². The minimum Gasteiger partial charge on any atom is -0.494 e. The topological polar surface area (TPSA) is 55.8 Å². The molecular weight excluding hydrogens is 318 g/mol. The molecule has 1 amide bonds. The van der Waals surface area contributed by atoms with Crippen molar-refractivity contribution < 1.29 is 19.1 Å². The minimum absolute atomic E-state index is 0.0259. The molecule has 0 unspecified atom stereocenters. The van der Waals surface area contributed by atoms with Crippen molar-refractivity contribution in [2.75, 3.05) is 24.7 Å². The van der Waals surface area contributed by atoms with Crippen LogP contribution >= 0.6 is 0 Å². The lowest BCUT2D eigenvalue weighted by Crippen LogP contribution is -2.33. The summed E-state index contributed by atoms with van der Waals surface area (Å²) in [6, 6.07) is 12.7. The van der Waals surface area contributed by atoms with E-state index in [4.69, 9.17) is 9.47 Å². The summed E-state index contributed by atoms with van der Waals surface area (Å²) in [5.41, 5.74) is 2.58. The lowest BCUT2D eigenvalue weighted by molar-refractivity contribution is -0.120. The summed E-state index contributed by atoms with van der Waals surface area (Å²) in [6.45, 7) is 4.67. The third kappa shape index (κ3) is 3.82. The van der Waals surface area contributed by atoms with E-state index in [1.807, 2.05) is 31.2 Å². The second-order valence-corrected chi connectivity index (χ2v) is 5.89. The minimum atomic E-state index is -0.0943. The van der Waals surface area contributed by atoms with E-state index >= 15 is 0 Å². The fraction of sp³-hybridized carbons (Fsp3) is 0.300. The molecule has 130 valence electrons. The molecule has 5 heteroatoms. The van der Waals surface area contributed by atoms with Crippen molar-refractivity contribution >= 4 is 17.4 Å². The van der Waals surface area contributed by atoms with Crippen LogP contribution in [0, 0.1) is 0 Å². The fourth-order valence-electron chi connectivity index (χ4n) is 2.90. The van der Waals surface area contributed by atoms with Crippen LogP contribution in [0.1, 0.15) is 29.8 Å². The van der Waals surface area contributed by atoms with Gasteiger partial charge in [-0.2, -0.15) is 0 Å². The maximum Gasteiger partial charge on any atom is 0.264 e. The third-order valence-electron chi connectivity index (χ3n) is 4.18. The van der Waals surface area contributed by atoms with Gasteiger partial charge in [-0.3, -0.25) is 9.59 Å². The van der Waals surface area contributed by atoms with Crippen molar-refractivity contribution in [3.05, 3.63) is 53.6 Å². The summed E-state index contributed by atoms with van der Waals surface area (Å²) >= 11 is 0. The predicted octanol–water partition coefficient (Wildman–Crippen LogP) is 3.26. The molecule has 2 aromatic rings. The zero-order valence-electron chi connectivity index (χ0n) is 14.5. The molecule has 1 aliphatic rings. The molecule has 1 heterocycles. The first kappa shape index (κ1) is 17.0. The Morgan fingerprint density at radius 1 is 1.04 bits per heavy atom. The van der Waals surface area contributed by atoms with Crippen molar-refractivity contribution in [3.63, 3.8) is 0 Å². The molecule has 25 heavy (non-hydrogen) atoms. The van der Waals surface area contributed by atoms with Crippen LogP contribution in [0.4, 0.5) is 5.69 Å². The fourth-order valence-corrected chi connectivity index (χ4v) is 2.90. The number of rotatable bonds is 6. The van der Waals surface area contributed by atoms with Gasteiger partial charge in [0, 0.05) is 17.8 Å². The Hall–Kier alpha value is -2.82. The van der Waals surface area contributed by atoms with Gasteiger partial charge in [-0.1, -0.05) is 0 Å². The Bertz CT molecular complexity index is 783.